The highest BCUT2D eigenvalue weighted by molar-refractivity contribution is 9.09. The van der Waals surface area contributed by atoms with Crippen LogP contribution in [0.5, 0.6) is 0 Å². The third-order valence-electron chi connectivity index (χ3n) is 3.22. The van der Waals surface area contributed by atoms with Gasteiger partial charge in [-0.1, -0.05) is 45.7 Å². The SMILES string of the molecule is COC(C)(C)CCC(CBr)(CBr)CC(C)C. The van der Waals surface area contributed by atoms with Gasteiger partial charge in [-0.15, -0.1) is 0 Å². The lowest BCUT2D eigenvalue weighted by molar-refractivity contribution is 0.00536. The topological polar surface area (TPSA) is 9.23 Å². The monoisotopic (exact) mass is 356 g/mol. The van der Waals surface area contributed by atoms with Gasteiger partial charge < -0.3 is 4.74 Å². The van der Waals surface area contributed by atoms with Crippen molar-refractivity contribution < 1.29 is 4.74 Å². The van der Waals surface area contributed by atoms with Crippen LogP contribution in [0.2, 0.25) is 0 Å². The van der Waals surface area contributed by atoms with Crippen LogP contribution in [-0.2, 0) is 4.74 Å². The number of methoxy groups -OCH3 is 1. The van der Waals surface area contributed by atoms with E-state index in [1.165, 1.54) is 12.8 Å². The Morgan fingerprint density at radius 2 is 1.56 bits per heavy atom. The van der Waals surface area contributed by atoms with E-state index in [-0.39, 0.29) is 5.60 Å². The van der Waals surface area contributed by atoms with Crippen LogP contribution in [-0.4, -0.2) is 23.4 Å². The molecule has 0 N–H and O–H groups in total. The van der Waals surface area contributed by atoms with Crippen molar-refractivity contribution in [3.63, 3.8) is 0 Å². The smallest absolute Gasteiger partial charge is 0.0623 e. The van der Waals surface area contributed by atoms with E-state index in [1.807, 2.05) is 0 Å². The fourth-order valence-electron chi connectivity index (χ4n) is 1.91. The van der Waals surface area contributed by atoms with Crippen molar-refractivity contribution in [1.29, 1.82) is 0 Å². The van der Waals surface area contributed by atoms with Crippen LogP contribution in [0.1, 0.15) is 47.0 Å². The first-order valence-corrected chi connectivity index (χ1v) is 8.22. The minimum absolute atomic E-state index is 0.00737. The third kappa shape index (κ3) is 6.02. The quantitative estimate of drug-likeness (QED) is 0.554. The first-order chi connectivity index (χ1) is 7.31. The van der Waals surface area contributed by atoms with Crippen molar-refractivity contribution in [2.75, 3.05) is 17.8 Å². The lowest BCUT2D eigenvalue weighted by atomic mass is 9.78. The fourth-order valence-corrected chi connectivity index (χ4v) is 3.86. The lowest BCUT2D eigenvalue weighted by Gasteiger charge is -2.35. The van der Waals surface area contributed by atoms with Crippen LogP contribution in [0.4, 0.5) is 0 Å². The Balaban J connectivity index is 4.43. The molecule has 0 atom stereocenters. The fraction of sp³-hybridized carbons (Fsp3) is 1.00. The molecule has 0 heterocycles. The Hall–Kier alpha value is 0.920. The summed E-state index contributed by atoms with van der Waals surface area (Å²) in [5.74, 6) is 0.737. The lowest BCUT2D eigenvalue weighted by Crippen LogP contribution is -2.31. The van der Waals surface area contributed by atoms with Gasteiger partial charge in [0.1, 0.15) is 0 Å². The van der Waals surface area contributed by atoms with Gasteiger partial charge in [-0.05, 0) is 44.4 Å². The van der Waals surface area contributed by atoms with Crippen molar-refractivity contribution in [2.45, 2.75) is 52.6 Å². The van der Waals surface area contributed by atoms with Crippen LogP contribution in [0.15, 0.2) is 0 Å². The van der Waals surface area contributed by atoms with Crippen molar-refractivity contribution in [3.05, 3.63) is 0 Å². The van der Waals surface area contributed by atoms with Gasteiger partial charge in [0.25, 0.3) is 0 Å². The maximum atomic E-state index is 5.50. The average Bonchev–Trinajstić information content (AvgIpc) is 2.24. The molecule has 0 fully saturated rings. The minimum atomic E-state index is -0.00737. The van der Waals surface area contributed by atoms with E-state index in [2.05, 4.69) is 59.6 Å². The molecule has 3 heteroatoms. The highest BCUT2D eigenvalue weighted by atomic mass is 79.9. The van der Waals surface area contributed by atoms with Gasteiger partial charge in [-0.2, -0.15) is 0 Å². The molecule has 0 radical (unpaired) electrons. The van der Waals surface area contributed by atoms with Gasteiger partial charge in [0, 0.05) is 17.8 Å². The predicted molar refractivity (Wildman–Crippen MR) is 79.8 cm³/mol. The first kappa shape index (κ1) is 16.9. The van der Waals surface area contributed by atoms with E-state index >= 15 is 0 Å². The molecular weight excluding hydrogens is 332 g/mol. The molecular formula is C13H26Br2O. The number of hydrogen-bond acceptors (Lipinski definition) is 1. The molecule has 98 valence electrons. The van der Waals surface area contributed by atoms with Crippen LogP contribution < -0.4 is 0 Å². The van der Waals surface area contributed by atoms with E-state index in [0.717, 1.165) is 23.0 Å². The molecule has 0 spiro atoms. The highest BCUT2D eigenvalue weighted by Crippen LogP contribution is 2.37. The molecule has 16 heavy (non-hydrogen) atoms. The zero-order valence-electron chi connectivity index (χ0n) is 11.3. The van der Waals surface area contributed by atoms with Crippen molar-refractivity contribution in [3.8, 4) is 0 Å². The minimum Gasteiger partial charge on any atom is -0.379 e. The Labute approximate surface area is 118 Å². The number of halogens is 2. The molecule has 0 aromatic carbocycles. The van der Waals surface area contributed by atoms with Gasteiger partial charge in [0.2, 0.25) is 0 Å². The summed E-state index contributed by atoms with van der Waals surface area (Å²) >= 11 is 7.36. The second-order valence-corrected chi connectivity index (χ2v) is 6.95. The Kier molecular flexibility index (Phi) is 7.80. The summed E-state index contributed by atoms with van der Waals surface area (Å²) in [7, 11) is 1.80. The summed E-state index contributed by atoms with van der Waals surface area (Å²) in [6.45, 7) is 8.91. The molecule has 0 aliphatic heterocycles. The zero-order valence-corrected chi connectivity index (χ0v) is 14.4. The Morgan fingerprint density at radius 3 is 1.88 bits per heavy atom. The molecule has 0 unspecified atom stereocenters. The van der Waals surface area contributed by atoms with Crippen molar-refractivity contribution >= 4 is 31.9 Å². The summed E-state index contributed by atoms with van der Waals surface area (Å²) < 4.78 is 5.50. The largest absolute Gasteiger partial charge is 0.379 e. The van der Waals surface area contributed by atoms with Crippen molar-refractivity contribution in [2.24, 2.45) is 11.3 Å². The maximum Gasteiger partial charge on any atom is 0.0623 e. The molecule has 0 aromatic heterocycles. The van der Waals surface area contributed by atoms with E-state index in [0.29, 0.717) is 5.41 Å². The molecule has 1 nitrogen and oxygen atoms in total. The summed E-state index contributed by atoms with van der Waals surface area (Å²) in [6.07, 6.45) is 3.55. The molecule has 0 amide bonds. The summed E-state index contributed by atoms with van der Waals surface area (Å²) in [4.78, 5) is 0. The Bertz CT molecular complexity index is 186. The van der Waals surface area contributed by atoms with E-state index in [9.17, 15) is 0 Å². The molecule has 0 aromatic rings. The molecule has 0 saturated carbocycles. The van der Waals surface area contributed by atoms with E-state index in [1.54, 1.807) is 7.11 Å². The number of hydrogen-bond donors (Lipinski definition) is 0. The van der Waals surface area contributed by atoms with Crippen LogP contribution in [0, 0.1) is 11.3 Å². The molecule has 0 aliphatic rings. The van der Waals surface area contributed by atoms with Crippen LogP contribution >= 0.6 is 31.9 Å². The van der Waals surface area contributed by atoms with Gasteiger partial charge in [-0.25, -0.2) is 0 Å². The number of ether oxygens (including phenoxy) is 1. The van der Waals surface area contributed by atoms with Crippen LogP contribution in [0.25, 0.3) is 0 Å². The summed E-state index contributed by atoms with van der Waals surface area (Å²) in [5.41, 5.74) is 0.358. The van der Waals surface area contributed by atoms with Crippen LogP contribution in [0.3, 0.4) is 0 Å². The number of rotatable bonds is 8. The van der Waals surface area contributed by atoms with Crippen molar-refractivity contribution in [1.82, 2.24) is 0 Å². The Morgan fingerprint density at radius 1 is 1.06 bits per heavy atom. The van der Waals surface area contributed by atoms with Gasteiger partial charge in [0.15, 0.2) is 0 Å². The van der Waals surface area contributed by atoms with Gasteiger partial charge in [-0.3, -0.25) is 0 Å². The standard InChI is InChI=1S/C13H26Br2O/c1-11(2)8-13(9-14,10-15)7-6-12(3,4)16-5/h11H,6-10H2,1-5H3. The summed E-state index contributed by atoms with van der Waals surface area (Å²) in [6, 6.07) is 0. The normalized spacial score (nSPS) is 13.5. The van der Waals surface area contributed by atoms with E-state index < -0.39 is 0 Å². The van der Waals surface area contributed by atoms with Gasteiger partial charge in [0.05, 0.1) is 5.60 Å². The summed E-state index contributed by atoms with van der Waals surface area (Å²) in [5, 5.41) is 2.12. The van der Waals surface area contributed by atoms with Gasteiger partial charge >= 0.3 is 0 Å². The highest BCUT2D eigenvalue weighted by Gasteiger charge is 2.31. The molecule has 0 aliphatic carbocycles. The molecule has 0 rings (SSSR count). The second-order valence-electron chi connectivity index (χ2n) is 5.83. The average molecular weight is 358 g/mol. The second kappa shape index (κ2) is 7.38. The predicted octanol–water partition coefficient (Wildman–Crippen LogP) is 5.01. The third-order valence-corrected chi connectivity index (χ3v) is 5.60. The maximum absolute atomic E-state index is 5.50. The molecule has 0 saturated heterocycles. The van der Waals surface area contributed by atoms with E-state index in [4.69, 9.17) is 4.74 Å². The molecule has 0 bridgehead atoms. The number of alkyl halides is 2. The first-order valence-electron chi connectivity index (χ1n) is 5.98. The zero-order chi connectivity index (χ0) is 12.8.